The lowest BCUT2D eigenvalue weighted by atomic mass is 10.0. The lowest BCUT2D eigenvalue weighted by molar-refractivity contribution is 0.0393. The van der Waals surface area contributed by atoms with Gasteiger partial charge in [-0.1, -0.05) is 12.1 Å². The van der Waals surface area contributed by atoms with Crippen LogP contribution in [0.15, 0.2) is 18.2 Å². The molecule has 16 heavy (non-hydrogen) atoms. The van der Waals surface area contributed by atoms with Gasteiger partial charge in [-0.2, -0.15) is 0 Å². The highest BCUT2D eigenvalue weighted by atomic mass is 19.1. The molecule has 0 saturated heterocycles. The molecule has 1 aromatic rings. The number of hydrogen-bond donors (Lipinski definition) is 1. The molecular formula is C13H18FNO. The van der Waals surface area contributed by atoms with E-state index in [9.17, 15) is 4.39 Å². The van der Waals surface area contributed by atoms with Crippen molar-refractivity contribution in [3.8, 4) is 0 Å². The average molecular weight is 223 g/mol. The lowest BCUT2D eigenvalue weighted by Crippen LogP contribution is -2.14. The van der Waals surface area contributed by atoms with Gasteiger partial charge in [-0.05, 0) is 38.3 Å². The number of ether oxygens (including phenoxy) is 1. The summed E-state index contributed by atoms with van der Waals surface area (Å²) < 4.78 is 19.4. The van der Waals surface area contributed by atoms with Crippen molar-refractivity contribution >= 4 is 0 Å². The van der Waals surface area contributed by atoms with E-state index in [2.05, 4.69) is 0 Å². The molecule has 1 atom stereocenters. The Morgan fingerprint density at radius 3 is 2.62 bits per heavy atom. The van der Waals surface area contributed by atoms with Gasteiger partial charge in [-0.25, -0.2) is 4.39 Å². The van der Waals surface area contributed by atoms with Crippen molar-refractivity contribution in [2.75, 3.05) is 6.61 Å². The highest BCUT2D eigenvalue weighted by molar-refractivity contribution is 5.33. The molecule has 0 aromatic heterocycles. The van der Waals surface area contributed by atoms with Gasteiger partial charge in [0.15, 0.2) is 0 Å². The Labute approximate surface area is 95.6 Å². The minimum absolute atomic E-state index is 0.216. The monoisotopic (exact) mass is 223 g/mol. The number of rotatable bonds is 4. The Hall–Kier alpha value is -0.930. The SMILES string of the molecule is CCOC1(c2ccc([C@H](C)N)c(F)c2)CC1. The summed E-state index contributed by atoms with van der Waals surface area (Å²) in [6, 6.07) is 5.01. The van der Waals surface area contributed by atoms with E-state index in [-0.39, 0.29) is 17.5 Å². The third-order valence-electron chi connectivity index (χ3n) is 3.14. The van der Waals surface area contributed by atoms with Crippen LogP contribution in [-0.2, 0) is 10.3 Å². The van der Waals surface area contributed by atoms with Gasteiger partial charge in [0, 0.05) is 18.2 Å². The zero-order valence-electron chi connectivity index (χ0n) is 9.79. The Kier molecular flexibility index (Phi) is 3.00. The Morgan fingerprint density at radius 1 is 1.50 bits per heavy atom. The Morgan fingerprint density at radius 2 is 2.19 bits per heavy atom. The molecule has 2 N–H and O–H groups in total. The number of halogens is 1. The lowest BCUT2D eigenvalue weighted by Gasteiger charge is -2.17. The molecule has 0 aliphatic heterocycles. The van der Waals surface area contributed by atoms with Crippen LogP contribution in [0.4, 0.5) is 4.39 Å². The largest absolute Gasteiger partial charge is 0.371 e. The van der Waals surface area contributed by atoms with Crippen LogP contribution < -0.4 is 5.73 Å². The topological polar surface area (TPSA) is 35.2 Å². The molecule has 88 valence electrons. The summed E-state index contributed by atoms with van der Waals surface area (Å²) in [7, 11) is 0. The third-order valence-corrected chi connectivity index (χ3v) is 3.14. The van der Waals surface area contributed by atoms with Crippen molar-refractivity contribution in [2.45, 2.75) is 38.3 Å². The van der Waals surface area contributed by atoms with E-state index in [4.69, 9.17) is 10.5 Å². The summed E-state index contributed by atoms with van der Waals surface area (Å²) in [4.78, 5) is 0. The van der Waals surface area contributed by atoms with E-state index >= 15 is 0 Å². The van der Waals surface area contributed by atoms with Crippen molar-refractivity contribution in [3.63, 3.8) is 0 Å². The van der Waals surface area contributed by atoms with E-state index < -0.39 is 0 Å². The van der Waals surface area contributed by atoms with Crippen LogP contribution in [0.25, 0.3) is 0 Å². The van der Waals surface area contributed by atoms with E-state index in [1.54, 1.807) is 19.1 Å². The zero-order chi connectivity index (χ0) is 11.8. The van der Waals surface area contributed by atoms with Crippen LogP contribution in [0.2, 0.25) is 0 Å². The fourth-order valence-electron chi connectivity index (χ4n) is 2.09. The summed E-state index contributed by atoms with van der Waals surface area (Å²) >= 11 is 0. The van der Waals surface area contributed by atoms with E-state index in [1.165, 1.54) is 0 Å². The van der Waals surface area contributed by atoms with Crippen LogP contribution >= 0.6 is 0 Å². The van der Waals surface area contributed by atoms with Gasteiger partial charge in [-0.15, -0.1) is 0 Å². The first-order chi connectivity index (χ1) is 7.59. The molecule has 0 spiro atoms. The van der Waals surface area contributed by atoms with E-state index in [0.29, 0.717) is 12.2 Å². The van der Waals surface area contributed by atoms with Crippen molar-refractivity contribution in [1.29, 1.82) is 0 Å². The van der Waals surface area contributed by atoms with Gasteiger partial charge < -0.3 is 10.5 Å². The van der Waals surface area contributed by atoms with E-state index in [0.717, 1.165) is 18.4 Å². The smallest absolute Gasteiger partial charge is 0.128 e. The fourth-order valence-corrected chi connectivity index (χ4v) is 2.09. The quantitative estimate of drug-likeness (QED) is 0.851. The van der Waals surface area contributed by atoms with Gasteiger partial charge in [-0.3, -0.25) is 0 Å². The molecule has 0 unspecified atom stereocenters. The van der Waals surface area contributed by atoms with Crippen LogP contribution in [0.3, 0.4) is 0 Å². The first kappa shape index (κ1) is 11.6. The van der Waals surface area contributed by atoms with Crippen LogP contribution in [0.1, 0.15) is 43.9 Å². The Bertz CT molecular complexity index is 386. The molecule has 3 heteroatoms. The standard InChI is InChI=1S/C13H18FNO/c1-3-16-13(6-7-13)10-4-5-11(9(2)15)12(14)8-10/h4-5,8-9H,3,6-7,15H2,1-2H3/t9-/m0/s1. The molecular weight excluding hydrogens is 205 g/mol. The molecule has 2 rings (SSSR count). The van der Waals surface area contributed by atoms with Crippen molar-refractivity contribution in [2.24, 2.45) is 5.73 Å². The Balaban J connectivity index is 2.28. The second kappa shape index (κ2) is 4.15. The highest BCUT2D eigenvalue weighted by Crippen LogP contribution is 2.49. The van der Waals surface area contributed by atoms with Crippen molar-refractivity contribution in [1.82, 2.24) is 0 Å². The summed E-state index contributed by atoms with van der Waals surface area (Å²) in [6.45, 7) is 4.41. The maximum atomic E-state index is 13.8. The van der Waals surface area contributed by atoms with Crippen molar-refractivity contribution in [3.05, 3.63) is 35.1 Å². The molecule has 1 aliphatic carbocycles. The molecule has 0 radical (unpaired) electrons. The average Bonchev–Trinajstić information content (AvgIpc) is 2.99. The minimum Gasteiger partial charge on any atom is -0.371 e. The maximum absolute atomic E-state index is 13.8. The summed E-state index contributed by atoms with van der Waals surface area (Å²) in [5.41, 5.74) is 6.97. The molecule has 0 amide bonds. The van der Waals surface area contributed by atoms with Gasteiger partial charge in [0.2, 0.25) is 0 Å². The predicted molar refractivity (Wildman–Crippen MR) is 61.5 cm³/mol. The van der Waals surface area contributed by atoms with Crippen LogP contribution in [0.5, 0.6) is 0 Å². The summed E-state index contributed by atoms with van der Waals surface area (Å²) in [6.07, 6.45) is 1.97. The van der Waals surface area contributed by atoms with Gasteiger partial charge in [0.1, 0.15) is 5.82 Å². The minimum atomic E-state index is -0.267. The maximum Gasteiger partial charge on any atom is 0.128 e. The number of benzene rings is 1. The molecule has 1 aliphatic rings. The molecule has 2 nitrogen and oxygen atoms in total. The number of nitrogens with two attached hydrogens (primary N) is 1. The first-order valence-corrected chi connectivity index (χ1v) is 5.78. The van der Waals surface area contributed by atoms with Gasteiger partial charge in [0.25, 0.3) is 0 Å². The summed E-state index contributed by atoms with van der Waals surface area (Å²) in [5, 5.41) is 0. The van der Waals surface area contributed by atoms with Crippen LogP contribution in [-0.4, -0.2) is 6.61 Å². The van der Waals surface area contributed by atoms with Crippen LogP contribution in [0, 0.1) is 5.82 Å². The molecule has 1 aromatic carbocycles. The zero-order valence-corrected chi connectivity index (χ0v) is 9.79. The normalized spacial score (nSPS) is 19.5. The molecule has 0 heterocycles. The second-order valence-corrected chi connectivity index (χ2v) is 4.45. The van der Waals surface area contributed by atoms with E-state index in [1.807, 2.05) is 13.0 Å². The second-order valence-electron chi connectivity index (χ2n) is 4.45. The first-order valence-electron chi connectivity index (χ1n) is 5.78. The molecule has 1 fully saturated rings. The fraction of sp³-hybridized carbons (Fsp3) is 0.538. The predicted octanol–water partition coefficient (Wildman–Crippen LogP) is 2.87. The number of hydrogen-bond acceptors (Lipinski definition) is 2. The summed E-state index contributed by atoms with van der Waals surface area (Å²) in [5.74, 6) is -0.224. The van der Waals surface area contributed by atoms with Gasteiger partial charge >= 0.3 is 0 Å². The van der Waals surface area contributed by atoms with Crippen molar-refractivity contribution < 1.29 is 9.13 Å². The molecule has 0 bridgehead atoms. The highest BCUT2D eigenvalue weighted by Gasteiger charge is 2.45. The molecule has 1 saturated carbocycles. The van der Waals surface area contributed by atoms with Gasteiger partial charge in [0.05, 0.1) is 5.60 Å². The third kappa shape index (κ3) is 1.97.